The summed E-state index contributed by atoms with van der Waals surface area (Å²) in [6, 6.07) is 6.90. The van der Waals surface area contributed by atoms with E-state index in [-0.39, 0.29) is 17.8 Å². The van der Waals surface area contributed by atoms with Crippen molar-refractivity contribution in [3.63, 3.8) is 0 Å². The van der Waals surface area contributed by atoms with E-state index in [2.05, 4.69) is 10.3 Å². The van der Waals surface area contributed by atoms with Gasteiger partial charge in [-0.05, 0) is 37.4 Å². The molecule has 0 saturated carbocycles. The van der Waals surface area contributed by atoms with Gasteiger partial charge in [-0.15, -0.1) is 0 Å². The average Bonchev–Trinajstić information content (AvgIpc) is 2.73. The zero-order valence-corrected chi connectivity index (χ0v) is 15.5. The number of nitrogens with zero attached hydrogens (tertiary/aromatic N) is 3. The van der Waals surface area contributed by atoms with Crippen LogP contribution < -0.4 is 5.32 Å². The smallest absolute Gasteiger partial charge is 0.223 e. The van der Waals surface area contributed by atoms with Crippen LogP contribution >= 0.6 is 0 Å². The van der Waals surface area contributed by atoms with E-state index in [9.17, 15) is 9.18 Å². The SMILES string of the molecule is O=C(CCc1ccccc1F)N1CCc2nc(C3CCCCN3)ncc2C1. The number of hydrogen-bond acceptors (Lipinski definition) is 4. The van der Waals surface area contributed by atoms with E-state index in [1.165, 1.54) is 18.9 Å². The molecule has 2 aliphatic rings. The Morgan fingerprint density at radius 2 is 2.19 bits per heavy atom. The zero-order chi connectivity index (χ0) is 18.6. The molecule has 1 N–H and O–H groups in total. The number of carbonyl (C=O) groups is 1. The maximum Gasteiger partial charge on any atom is 0.223 e. The molecule has 1 unspecified atom stereocenters. The molecule has 1 amide bonds. The Morgan fingerprint density at radius 3 is 3.00 bits per heavy atom. The summed E-state index contributed by atoms with van der Waals surface area (Å²) in [4.78, 5) is 23.7. The summed E-state index contributed by atoms with van der Waals surface area (Å²) in [5, 5.41) is 3.49. The summed E-state index contributed by atoms with van der Waals surface area (Å²) in [6.45, 7) is 2.23. The van der Waals surface area contributed by atoms with Crippen LogP contribution in [0.15, 0.2) is 30.5 Å². The van der Waals surface area contributed by atoms with E-state index in [1.807, 2.05) is 11.1 Å². The van der Waals surface area contributed by atoms with Crippen LogP contribution in [0.25, 0.3) is 0 Å². The summed E-state index contributed by atoms with van der Waals surface area (Å²) < 4.78 is 13.7. The van der Waals surface area contributed by atoms with Gasteiger partial charge < -0.3 is 10.2 Å². The number of halogens is 1. The first-order valence-electron chi connectivity index (χ1n) is 9.80. The van der Waals surface area contributed by atoms with Crippen molar-refractivity contribution in [3.05, 3.63) is 58.9 Å². The van der Waals surface area contributed by atoms with E-state index in [0.29, 0.717) is 31.5 Å². The quantitative estimate of drug-likeness (QED) is 0.901. The van der Waals surface area contributed by atoms with Crippen molar-refractivity contribution in [2.24, 2.45) is 0 Å². The lowest BCUT2D eigenvalue weighted by molar-refractivity contribution is -0.132. The molecular formula is C21H25FN4O. The molecule has 1 saturated heterocycles. The number of fused-ring (bicyclic) bond motifs is 1. The highest BCUT2D eigenvalue weighted by Gasteiger charge is 2.24. The molecule has 5 nitrogen and oxygen atoms in total. The first kappa shape index (κ1) is 18.0. The third-order valence-corrected chi connectivity index (χ3v) is 5.49. The number of piperidine rings is 1. The number of aromatic nitrogens is 2. The molecule has 1 atom stereocenters. The Morgan fingerprint density at radius 1 is 1.30 bits per heavy atom. The lowest BCUT2D eigenvalue weighted by Crippen LogP contribution is -2.37. The van der Waals surface area contributed by atoms with Gasteiger partial charge in [-0.1, -0.05) is 24.6 Å². The van der Waals surface area contributed by atoms with Crippen LogP contribution in [0.1, 0.15) is 54.4 Å². The Hall–Kier alpha value is -2.34. The predicted octanol–water partition coefficient (Wildman–Crippen LogP) is 2.95. The Labute approximate surface area is 159 Å². The predicted molar refractivity (Wildman–Crippen MR) is 100 cm³/mol. The molecule has 1 aromatic heterocycles. The van der Waals surface area contributed by atoms with Gasteiger partial charge in [0.1, 0.15) is 11.6 Å². The Balaban J connectivity index is 1.37. The molecule has 0 radical (unpaired) electrons. The molecule has 1 fully saturated rings. The van der Waals surface area contributed by atoms with Crippen LogP contribution in [-0.4, -0.2) is 33.9 Å². The van der Waals surface area contributed by atoms with Crippen molar-refractivity contribution in [2.45, 2.75) is 51.1 Å². The third-order valence-electron chi connectivity index (χ3n) is 5.49. The fraction of sp³-hybridized carbons (Fsp3) is 0.476. The molecule has 4 rings (SSSR count). The topological polar surface area (TPSA) is 58.1 Å². The summed E-state index contributed by atoms with van der Waals surface area (Å²) in [5.41, 5.74) is 2.68. The average molecular weight is 368 g/mol. The molecule has 27 heavy (non-hydrogen) atoms. The van der Waals surface area contributed by atoms with E-state index in [4.69, 9.17) is 4.98 Å². The number of nitrogens with one attached hydrogen (secondary N) is 1. The molecule has 1 aromatic carbocycles. The molecule has 2 aromatic rings. The van der Waals surface area contributed by atoms with Crippen LogP contribution in [-0.2, 0) is 24.2 Å². The lowest BCUT2D eigenvalue weighted by atomic mass is 10.0. The minimum Gasteiger partial charge on any atom is -0.338 e. The minimum absolute atomic E-state index is 0.0573. The fourth-order valence-corrected chi connectivity index (χ4v) is 3.89. The highest BCUT2D eigenvalue weighted by Crippen LogP contribution is 2.23. The molecule has 142 valence electrons. The van der Waals surface area contributed by atoms with Gasteiger partial charge in [-0.3, -0.25) is 4.79 Å². The molecule has 0 spiro atoms. The highest BCUT2D eigenvalue weighted by molar-refractivity contribution is 5.76. The molecule has 3 heterocycles. The van der Waals surface area contributed by atoms with E-state index in [1.54, 1.807) is 18.2 Å². The molecule has 0 bridgehead atoms. The number of benzene rings is 1. The van der Waals surface area contributed by atoms with Crippen molar-refractivity contribution < 1.29 is 9.18 Å². The second-order valence-electron chi connectivity index (χ2n) is 7.36. The second-order valence-corrected chi connectivity index (χ2v) is 7.36. The van der Waals surface area contributed by atoms with Gasteiger partial charge in [-0.2, -0.15) is 0 Å². The normalized spacial score (nSPS) is 19.6. The van der Waals surface area contributed by atoms with Gasteiger partial charge in [0.15, 0.2) is 0 Å². The molecular weight excluding hydrogens is 343 g/mol. The van der Waals surface area contributed by atoms with Crippen molar-refractivity contribution in [3.8, 4) is 0 Å². The lowest BCUT2D eigenvalue weighted by Gasteiger charge is -2.29. The van der Waals surface area contributed by atoms with Crippen LogP contribution in [0.3, 0.4) is 0 Å². The fourth-order valence-electron chi connectivity index (χ4n) is 3.89. The largest absolute Gasteiger partial charge is 0.338 e. The van der Waals surface area contributed by atoms with Crippen LogP contribution in [0, 0.1) is 5.82 Å². The van der Waals surface area contributed by atoms with E-state index < -0.39 is 0 Å². The molecule has 6 heteroatoms. The van der Waals surface area contributed by atoms with Crippen molar-refractivity contribution >= 4 is 5.91 Å². The van der Waals surface area contributed by atoms with Gasteiger partial charge in [0.05, 0.1) is 11.7 Å². The molecule has 2 aliphatic heterocycles. The standard InChI is InChI=1S/C21H25FN4O/c22-17-6-2-1-5-15(17)8-9-20(27)26-12-10-18-16(14-26)13-24-21(25-18)19-7-3-4-11-23-19/h1-2,5-6,13,19,23H,3-4,7-12,14H2. The number of carbonyl (C=O) groups excluding carboxylic acids is 1. The van der Waals surface area contributed by atoms with Gasteiger partial charge in [0.25, 0.3) is 0 Å². The second kappa shape index (κ2) is 8.13. The van der Waals surface area contributed by atoms with E-state index in [0.717, 1.165) is 36.5 Å². The van der Waals surface area contributed by atoms with Gasteiger partial charge in [-0.25, -0.2) is 14.4 Å². The number of aryl methyl sites for hydroxylation is 1. The number of hydrogen-bond donors (Lipinski definition) is 1. The van der Waals surface area contributed by atoms with Crippen molar-refractivity contribution in [1.82, 2.24) is 20.2 Å². The first-order chi connectivity index (χ1) is 13.2. The summed E-state index contributed by atoms with van der Waals surface area (Å²) in [5.74, 6) is 0.696. The maximum absolute atomic E-state index is 13.7. The van der Waals surface area contributed by atoms with Crippen molar-refractivity contribution in [1.29, 1.82) is 0 Å². The van der Waals surface area contributed by atoms with Gasteiger partial charge in [0, 0.05) is 37.7 Å². The zero-order valence-electron chi connectivity index (χ0n) is 15.5. The molecule has 0 aliphatic carbocycles. The summed E-state index contributed by atoms with van der Waals surface area (Å²) in [6.07, 6.45) is 6.89. The Bertz CT molecular complexity index is 820. The van der Waals surface area contributed by atoms with Crippen molar-refractivity contribution in [2.75, 3.05) is 13.1 Å². The maximum atomic E-state index is 13.7. The monoisotopic (exact) mass is 368 g/mol. The van der Waals surface area contributed by atoms with Crippen LogP contribution in [0.5, 0.6) is 0 Å². The summed E-state index contributed by atoms with van der Waals surface area (Å²) in [7, 11) is 0. The first-order valence-corrected chi connectivity index (χ1v) is 9.80. The number of rotatable bonds is 4. The van der Waals surface area contributed by atoms with Crippen LogP contribution in [0.2, 0.25) is 0 Å². The highest BCUT2D eigenvalue weighted by atomic mass is 19.1. The minimum atomic E-state index is -0.244. The summed E-state index contributed by atoms with van der Waals surface area (Å²) >= 11 is 0. The number of amides is 1. The van der Waals surface area contributed by atoms with Gasteiger partial charge >= 0.3 is 0 Å². The van der Waals surface area contributed by atoms with Crippen LogP contribution in [0.4, 0.5) is 4.39 Å². The Kier molecular flexibility index (Phi) is 5.43. The third kappa shape index (κ3) is 4.16. The van der Waals surface area contributed by atoms with E-state index >= 15 is 0 Å². The van der Waals surface area contributed by atoms with Gasteiger partial charge in [0.2, 0.25) is 5.91 Å².